The van der Waals surface area contributed by atoms with Crippen molar-refractivity contribution < 1.29 is 95.2 Å². The average Bonchev–Trinajstić information content (AvgIpc) is 1.16. The van der Waals surface area contributed by atoms with Gasteiger partial charge in [-0.05, 0) is 143 Å². The van der Waals surface area contributed by atoms with Crippen LogP contribution in [0.3, 0.4) is 0 Å². The zero-order chi connectivity index (χ0) is 69.5. The van der Waals surface area contributed by atoms with Gasteiger partial charge in [-0.15, -0.1) is 0 Å². The molecule has 20 nitrogen and oxygen atoms in total. The van der Waals surface area contributed by atoms with Crippen molar-refractivity contribution >= 4 is 47.8 Å². The third kappa shape index (κ3) is 18.5. The van der Waals surface area contributed by atoms with Gasteiger partial charge in [0.05, 0.1) is 12.2 Å². The van der Waals surface area contributed by atoms with Gasteiger partial charge < -0.3 is 56.8 Å². The maximum atomic E-state index is 14.5. The Labute approximate surface area is 562 Å². The second-order valence-electron chi connectivity index (χ2n) is 30.2. The average molecular weight is 1330 g/mol. The van der Waals surface area contributed by atoms with E-state index in [0.717, 1.165) is 32.1 Å². The van der Waals surface area contributed by atoms with Gasteiger partial charge in [-0.2, -0.15) is 0 Å². The van der Waals surface area contributed by atoms with E-state index in [1.54, 1.807) is 20.8 Å². The minimum absolute atomic E-state index is 0.00360. The molecule has 4 aliphatic carbocycles. The van der Waals surface area contributed by atoms with Crippen LogP contribution in [0.25, 0.3) is 0 Å². The van der Waals surface area contributed by atoms with Gasteiger partial charge in [-0.1, -0.05) is 130 Å². The molecule has 0 aromatic carbocycles. The Balaban J connectivity index is 1.64. The fourth-order valence-electron chi connectivity index (χ4n) is 17.8. The number of esters is 8. The zero-order valence-electron chi connectivity index (χ0n) is 60.5. The van der Waals surface area contributed by atoms with Crippen LogP contribution >= 0.6 is 0 Å². The topological polar surface area (TPSA) is 247 Å². The molecule has 6 aliphatic rings. The van der Waals surface area contributed by atoms with Crippen LogP contribution in [0.2, 0.25) is 0 Å². The first-order valence-electron chi connectivity index (χ1n) is 36.7. The van der Waals surface area contributed by atoms with Gasteiger partial charge in [-0.3, -0.25) is 38.4 Å². The standard InChI is InChI=1S/C74H122O20/c1-18-27-53(75)83-43-50-63(90-57(79)31-22-5)65(92-59(81)33-24-7)67(94-69-66(93-60(82)34-25-8)64(91-58(80)32-23-6)62(46(12)84-69)89-56(78)30-21-4)70(87-50)86-49-42-74(17)51(72(15)39-38-52(71(13,14)68(49)72)88-55(77)29-20-3)41-48(85-54(76)28-19-2)61-47(37-40-73(61,74)16)45(11)36-26-35-44(9)10/h44-52,61-70H,18-43H2,1-17H3/t45-,46+,47-,48-,49+,50-,51-,52+,61+,62+,63-,64-,65+,66-,67-,68+,69+,70-,72-,73-,74-/m1/s1. The lowest BCUT2D eigenvalue weighted by molar-refractivity contribution is -0.382. The molecule has 0 bridgehead atoms. The quantitative estimate of drug-likeness (QED) is 0.0330. The predicted octanol–water partition coefficient (Wildman–Crippen LogP) is 13.9. The Morgan fingerprint density at radius 3 is 1.45 bits per heavy atom. The largest absolute Gasteiger partial charge is 0.463 e. The minimum atomic E-state index is -1.70. The molecule has 0 spiro atoms. The predicted molar refractivity (Wildman–Crippen MR) is 350 cm³/mol. The number of fused-ring (bicyclic) bond motifs is 5. The molecular weight excluding hydrogens is 1210 g/mol. The molecule has 0 unspecified atom stereocenters. The first-order chi connectivity index (χ1) is 44.5. The Morgan fingerprint density at radius 1 is 0.468 bits per heavy atom. The third-order valence-corrected chi connectivity index (χ3v) is 22.2. The Kier molecular flexibility index (Phi) is 29.6. The smallest absolute Gasteiger partial charge is 0.306 e. The lowest BCUT2D eigenvalue weighted by atomic mass is 9.34. The van der Waals surface area contributed by atoms with Crippen molar-refractivity contribution in [1.29, 1.82) is 0 Å². The first-order valence-corrected chi connectivity index (χ1v) is 36.7. The van der Waals surface area contributed by atoms with Crippen LogP contribution < -0.4 is 0 Å². The Bertz CT molecular complexity index is 2500. The summed E-state index contributed by atoms with van der Waals surface area (Å²) in [5.41, 5.74) is -2.37. The lowest BCUT2D eigenvalue weighted by Gasteiger charge is -2.72. The van der Waals surface area contributed by atoms with E-state index in [-0.39, 0.29) is 80.7 Å². The van der Waals surface area contributed by atoms with Gasteiger partial charge in [0.25, 0.3) is 0 Å². The Morgan fingerprint density at radius 2 is 0.926 bits per heavy atom. The van der Waals surface area contributed by atoms with Crippen molar-refractivity contribution in [3.63, 3.8) is 0 Å². The summed E-state index contributed by atoms with van der Waals surface area (Å²) in [7, 11) is 0. The van der Waals surface area contributed by atoms with Crippen molar-refractivity contribution in [1.82, 2.24) is 0 Å². The number of carbonyl (C=O) groups is 8. The molecule has 2 aliphatic heterocycles. The molecule has 94 heavy (non-hydrogen) atoms. The van der Waals surface area contributed by atoms with Gasteiger partial charge >= 0.3 is 47.8 Å². The highest BCUT2D eigenvalue weighted by molar-refractivity contribution is 5.73. The number of hydrogen-bond acceptors (Lipinski definition) is 20. The lowest BCUT2D eigenvalue weighted by Crippen LogP contribution is -2.71. The number of hydrogen-bond donors (Lipinski definition) is 0. The van der Waals surface area contributed by atoms with E-state index in [0.29, 0.717) is 95.3 Å². The molecule has 0 N–H and O–H groups in total. The fraction of sp³-hybridized carbons (Fsp3) is 0.892. The van der Waals surface area contributed by atoms with Crippen LogP contribution in [0.15, 0.2) is 0 Å². The van der Waals surface area contributed by atoms with E-state index in [9.17, 15) is 38.4 Å². The normalized spacial score (nSPS) is 35.3. The molecule has 0 radical (unpaired) electrons. The minimum Gasteiger partial charge on any atom is -0.463 e. The zero-order valence-corrected chi connectivity index (χ0v) is 60.5. The maximum absolute atomic E-state index is 14.5. The van der Waals surface area contributed by atoms with Crippen LogP contribution in [-0.4, -0.2) is 134 Å². The van der Waals surface area contributed by atoms with E-state index < -0.39 is 144 Å². The summed E-state index contributed by atoms with van der Waals surface area (Å²) in [4.78, 5) is 111. The molecule has 0 amide bonds. The van der Waals surface area contributed by atoms with Crippen LogP contribution in [0.1, 0.15) is 278 Å². The summed E-state index contributed by atoms with van der Waals surface area (Å²) in [6, 6.07) is 0. The molecule has 2 heterocycles. The first kappa shape index (κ1) is 78.6. The van der Waals surface area contributed by atoms with E-state index in [2.05, 4.69) is 55.4 Å². The fourth-order valence-corrected chi connectivity index (χ4v) is 17.8. The number of rotatable bonds is 34. The van der Waals surface area contributed by atoms with Crippen molar-refractivity contribution in [2.75, 3.05) is 6.61 Å². The molecule has 0 aromatic rings. The molecule has 6 rings (SSSR count). The van der Waals surface area contributed by atoms with Crippen molar-refractivity contribution in [3.8, 4) is 0 Å². The van der Waals surface area contributed by atoms with E-state index in [1.807, 2.05) is 41.5 Å². The molecule has 2 saturated heterocycles. The molecule has 6 fully saturated rings. The summed E-state index contributed by atoms with van der Waals surface area (Å²) in [6.45, 7) is 34.3. The molecule has 20 heteroatoms. The third-order valence-electron chi connectivity index (χ3n) is 22.2. The van der Waals surface area contributed by atoms with Crippen molar-refractivity contribution in [3.05, 3.63) is 0 Å². The number of ether oxygens (including phenoxy) is 12. The highest BCUT2D eigenvalue weighted by Crippen LogP contribution is 2.76. The van der Waals surface area contributed by atoms with Crippen LogP contribution in [0.4, 0.5) is 0 Å². The number of carbonyl (C=O) groups excluding carboxylic acids is 8. The monoisotopic (exact) mass is 1330 g/mol. The molecule has 4 saturated carbocycles. The van der Waals surface area contributed by atoms with Crippen LogP contribution in [0.5, 0.6) is 0 Å². The van der Waals surface area contributed by atoms with Gasteiger partial charge in [0, 0.05) is 62.7 Å². The Hall–Kier alpha value is -4.40. The summed E-state index contributed by atoms with van der Waals surface area (Å²) >= 11 is 0. The van der Waals surface area contributed by atoms with Gasteiger partial charge in [0.15, 0.2) is 49.2 Å². The highest BCUT2D eigenvalue weighted by Gasteiger charge is 2.74. The summed E-state index contributed by atoms with van der Waals surface area (Å²) < 4.78 is 80.2. The second-order valence-corrected chi connectivity index (χ2v) is 30.2. The second kappa shape index (κ2) is 35.4. The van der Waals surface area contributed by atoms with Gasteiger partial charge in [0.1, 0.15) is 24.9 Å². The SMILES string of the molecule is CCCC(=O)OC[C@H]1O[C@@H](O[C@H]2C[C@]3(C)[C@H](C[C@@H](OC(=O)CCC)[C@@H]4[C@@H]([C@H](C)CCCC(C)C)CC[C@]43C)[C@@]3(C)CC[C@H](OC(=O)CCC)C(C)(C)[C@H]23)[C@H](O[C@@H]2O[C@@H](C)[C@H](OC(=O)CCC)[C@@H](OC(=O)CCC)[C@H]2OC(=O)CCC)[C@@H](OC(=O)CCC)[C@@H]1OC(=O)CCC. The molecule has 21 atom stereocenters. The molecule has 0 aromatic heterocycles. The highest BCUT2D eigenvalue weighted by atomic mass is 16.8. The molecule has 538 valence electrons. The van der Waals surface area contributed by atoms with E-state index in [1.165, 1.54) is 0 Å². The van der Waals surface area contributed by atoms with Crippen LogP contribution in [-0.2, 0) is 95.2 Å². The van der Waals surface area contributed by atoms with Crippen molar-refractivity contribution in [2.24, 2.45) is 57.2 Å². The van der Waals surface area contributed by atoms with E-state index >= 15 is 0 Å². The summed E-state index contributed by atoms with van der Waals surface area (Å²) in [6.07, 6.45) is -5.24. The summed E-state index contributed by atoms with van der Waals surface area (Å²) in [5, 5.41) is 0. The van der Waals surface area contributed by atoms with Crippen molar-refractivity contribution in [2.45, 2.75) is 358 Å². The van der Waals surface area contributed by atoms with Crippen LogP contribution in [0, 0.1) is 57.2 Å². The maximum Gasteiger partial charge on any atom is 0.306 e. The molecular formula is C74H122O20. The van der Waals surface area contributed by atoms with E-state index in [4.69, 9.17) is 56.8 Å². The van der Waals surface area contributed by atoms with Gasteiger partial charge in [0.2, 0.25) is 0 Å². The summed E-state index contributed by atoms with van der Waals surface area (Å²) in [5.74, 6) is -3.69. The van der Waals surface area contributed by atoms with Gasteiger partial charge in [-0.25, -0.2) is 0 Å².